The van der Waals surface area contributed by atoms with Gasteiger partial charge in [0.2, 0.25) is 5.60 Å². The largest absolute Gasteiger partial charge is 0.424 e. The molecule has 0 aliphatic rings. The number of amides is 1. The van der Waals surface area contributed by atoms with Gasteiger partial charge in [0, 0.05) is 43.1 Å². The van der Waals surface area contributed by atoms with E-state index in [-0.39, 0.29) is 10.7 Å². The van der Waals surface area contributed by atoms with E-state index in [1.54, 1.807) is 0 Å². The molecule has 11 heteroatoms. The molecule has 0 fully saturated rings. The molecule has 2 aromatic heterocycles. The normalized spacial score (nSPS) is 14.2. The van der Waals surface area contributed by atoms with E-state index in [9.17, 15) is 23.1 Å². The zero-order chi connectivity index (χ0) is 18.8. The van der Waals surface area contributed by atoms with Crippen molar-refractivity contribution in [3.05, 3.63) is 45.7 Å². The summed E-state index contributed by atoms with van der Waals surface area (Å²) in [6.45, 7) is -0.454. The topological polar surface area (TPSA) is 80.0 Å². The molecule has 0 bridgehead atoms. The highest BCUT2D eigenvalue weighted by Crippen LogP contribution is 2.40. The van der Waals surface area contributed by atoms with Crippen LogP contribution in [0.15, 0.2) is 29.1 Å². The fraction of sp³-hybridized carbons (Fsp3) is 0.357. The number of aryl methyl sites for hydroxylation is 1. The van der Waals surface area contributed by atoms with E-state index >= 15 is 0 Å². The second-order valence-electron chi connectivity index (χ2n) is 5.22. The first kappa shape index (κ1) is 19.7. The van der Waals surface area contributed by atoms with Crippen LogP contribution in [0.3, 0.4) is 0 Å². The van der Waals surface area contributed by atoms with Crippen molar-refractivity contribution in [3.63, 3.8) is 0 Å². The van der Waals surface area contributed by atoms with Gasteiger partial charge < -0.3 is 15.0 Å². The Balaban J connectivity index is 2.13. The lowest BCUT2D eigenvalue weighted by molar-refractivity contribution is -0.272. The van der Waals surface area contributed by atoms with E-state index in [0.29, 0.717) is 4.47 Å². The Labute approximate surface area is 154 Å². The van der Waals surface area contributed by atoms with E-state index in [2.05, 4.69) is 31.2 Å². The van der Waals surface area contributed by atoms with Crippen LogP contribution in [0.2, 0.25) is 5.15 Å². The molecular weight excluding hydrogens is 429 g/mol. The number of nitrogens with zero attached hydrogens (tertiary/aromatic N) is 3. The first-order valence-corrected chi connectivity index (χ1v) is 8.09. The molecule has 1 atom stereocenters. The standard InChI is InChI=1S/C14H13BrClF3N4O2/c1-23-5-4-21-12(23)13(25,14(17,18)19)2-3-20-11(24)9-6-8(15)7-22-10(9)16/h4-7,25H,2-3H2,1H3,(H,20,24). The maximum absolute atomic E-state index is 13.4. The van der Waals surface area contributed by atoms with Gasteiger partial charge >= 0.3 is 6.18 Å². The van der Waals surface area contributed by atoms with Crippen molar-refractivity contribution >= 4 is 33.4 Å². The van der Waals surface area contributed by atoms with Crippen molar-refractivity contribution < 1.29 is 23.1 Å². The van der Waals surface area contributed by atoms with Crippen LogP contribution in [-0.2, 0) is 12.6 Å². The number of alkyl halides is 3. The molecule has 0 aliphatic carbocycles. The summed E-state index contributed by atoms with van der Waals surface area (Å²) in [4.78, 5) is 19.4. The molecule has 6 nitrogen and oxygen atoms in total. The Morgan fingerprint density at radius 2 is 2.12 bits per heavy atom. The molecule has 0 saturated carbocycles. The van der Waals surface area contributed by atoms with Crippen LogP contribution in [-0.4, -0.2) is 38.3 Å². The molecule has 0 spiro atoms. The number of hydrogen-bond donors (Lipinski definition) is 2. The number of pyridine rings is 1. The van der Waals surface area contributed by atoms with E-state index < -0.39 is 36.5 Å². The van der Waals surface area contributed by atoms with Crippen LogP contribution in [0, 0.1) is 0 Å². The van der Waals surface area contributed by atoms with Crippen LogP contribution in [0.4, 0.5) is 13.2 Å². The fourth-order valence-electron chi connectivity index (χ4n) is 2.18. The van der Waals surface area contributed by atoms with E-state index in [1.165, 1.54) is 25.5 Å². The Morgan fingerprint density at radius 3 is 2.68 bits per heavy atom. The van der Waals surface area contributed by atoms with Crippen LogP contribution >= 0.6 is 27.5 Å². The molecule has 1 unspecified atom stereocenters. The van der Waals surface area contributed by atoms with Crippen molar-refractivity contribution in [2.24, 2.45) is 7.05 Å². The van der Waals surface area contributed by atoms with Gasteiger partial charge in [0.1, 0.15) is 11.0 Å². The molecule has 0 saturated heterocycles. The number of aromatic nitrogens is 3. The fourth-order valence-corrected chi connectivity index (χ4v) is 2.70. The summed E-state index contributed by atoms with van der Waals surface area (Å²) >= 11 is 8.92. The molecule has 25 heavy (non-hydrogen) atoms. The summed E-state index contributed by atoms with van der Waals surface area (Å²) in [6.07, 6.45) is -1.96. The molecule has 2 rings (SSSR count). The second-order valence-corrected chi connectivity index (χ2v) is 6.49. The van der Waals surface area contributed by atoms with Gasteiger partial charge in [0.25, 0.3) is 5.91 Å². The number of halogens is 5. The zero-order valence-corrected chi connectivity index (χ0v) is 15.2. The van der Waals surface area contributed by atoms with Crippen molar-refractivity contribution in [3.8, 4) is 0 Å². The van der Waals surface area contributed by atoms with Crippen LogP contribution < -0.4 is 5.32 Å². The molecular formula is C14H13BrClF3N4O2. The third kappa shape index (κ3) is 4.13. The van der Waals surface area contributed by atoms with Gasteiger partial charge in [-0.2, -0.15) is 13.2 Å². The van der Waals surface area contributed by atoms with Crippen LogP contribution in [0.1, 0.15) is 22.6 Å². The summed E-state index contributed by atoms with van der Waals surface area (Å²) in [6, 6.07) is 1.39. The quantitative estimate of drug-likeness (QED) is 0.700. The number of imidazole rings is 1. The van der Waals surface area contributed by atoms with Gasteiger partial charge in [-0.25, -0.2) is 9.97 Å². The summed E-state index contributed by atoms with van der Waals surface area (Å²) in [5.74, 6) is -1.26. The Kier molecular flexibility index (Phi) is 5.75. The molecule has 2 N–H and O–H groups in total. The van der Waals surface area contributed by atoms with Crippen molar-refractivity contribution in [1.82, 2.24) is 19.9 Å². The van der Waals surface area contributed by atoms with Gasteiger partial charge in [-0.3, -0.25) is 4.79 Å². The second kappa shape index (κ2) is 7.30. The average molecular weight is 442 g/mol. The Hall–Kier alpha value is -1.65. The molecule has 0 aliphatic heterocycles. The summed E-state index contributed by atoms with van der Waals surface area (Å²) in [5, 5.41) is 12.4. The van der Waals surface area contributed by atoms with E-state index in [4.69, 9.17) is 11.6 Å². The molecule has 0 aromatic carbocycles. The maximum Gasteiger partial charge on any atom is 0.424 e. The SMILES string of the molecule is Cn1ccnc1C(O)(CCNC(=O)c1cc(Br)cnc1Cl)C(F)(F)F. The first-order chi connectivity index (χ1) is 11.6. The van der Waals surface area contributed by atoms with E-state index in [1.807, 2.05) is 0 Å². The first-order valence-electron chi connectivity index (χ1n) is 6.92. The number of aliphatic hydroxyl groups is 1. The van der Waals surface area contributed by atoms with Gasteiger partial charge in [0.15, 0.2) is 0 Å². The lowest BCUT2D eigenvalue weighted by Gasteiger charge is -2.30. The number of carbonyl (C=O) groups excluding carboxylic acids is 1. The minimum Gasteiger partial charge on any atom is -0.374 e. The summed E-state index contributed by atoms with van der Waals surface area (Å²) < 4.78 is 41.6. The van der Waals surface area contributed by atoms with Crippen LogP contribution in [0.25, 0.3) is 0 Å². The number of nitrogens with one attached hydrogen (secondary N) is 1. The number of hydrogen-bond acceptors (Lipinski definition) is 4. The van der Waals surface area contributed by atoms with Gasteiger partial charge in [0.05, 0.1) is 5.56 Å². The highest BCUT2D eigenvalue weighted by Gasteiger charge is 2.57. The number of carbonyl (C=O) groups is 1. The highest BCUT2D eigenvalue weighted by molar-refractivity contribution is 9.10. The summed E-state index contributed by atoms with van der Waals surface area (Å²) in [7, 11) is 1.34. The van der Waals surface area contributed by atoms with Crippen LogP contribution in [0.5, 0.6) is 0 Å². The van der Waals surface area contributed by atoms with Gasteiger partial charge in [-0.1, -0.05) is 11.6 Å². The van der Waals surface area contributed by atoms with Gasteiger partial charge in [-0.05, 0) is 22.0 Å². The Bertz CT molecular complexity index is 784. The smallest absolute Gasteiger partial charge is 0.374 e. The summed E-state index contributed by atoms with van der Waals surface area (Å²) in [5.41, 5.74) is -3.19. The third-order valence-corrected chi connectivity index (χ3v) is 4.22. The Morgan fingerprint density at radius 1 is 1.44 bits per heavy atom. The molecule has 2 aromatic rings. The lowest BCUT2D eigenvalue weighted by Crippen LogP contribution is -2.46. The predicted octanol–water partition coefficient (Wildman–Crippen LogP) is 2.80. The average Bonchev–Trinajstić information content (AvgIpc) is 2.94. The molecule has 136 valence electrons. The monoisotopic (exact) mass is 440 g/mol. The van der Waals surface area contributed by atoms with Crippen molar-refractivity contribution in [1.29, 1.82) is 0 Å². The zero-order valence-electron chi connectivity index (χ0n) is 12.8. The molecule has 1 amide bonds. The lowest BCUT2D eigenvalue weighted by atomic mass is 9.97. The molecule has 2 heterocycles. The maximum atomic E-state index is 13.4. The molecule has 0 radical (unpaired) electrons. The van der Waals surface area contributed by atoms with Crippen molar-refractivity contribution in [2.45, 2.75) is 18.2 Å². The number of rotatable bonds is 5. The third-order valence-electron chi connectivity index (χ3n) is 3.48. The van der Waals surface area contributed by atoms with E-state index in [0.717, 1.165) is 10.8 Å². The highest BCUT2D eigenvalue weighted by atomic mass is 79.9. The minimum atomic E-state index is -4.97. The van der Waals surface area contributed by atoms with Crippen molar-refractivity contribution in [2.75, 3.05) is 6.54 Å². The van der Waals surface area contributed by atoms with Gasteiger partial charge in [-0.15, -0.1) is 0 Å². The minimum absolute atomic E-state index is 0.00332. The predicted molar refractivity (Wildman–Crippen MR) is 87.1 cm³/mol.